The lowest BCUT2D eigenvalue weighted by molar-refractivity contribution is 0.244. The first-order valence-electron chi connectivity index (χ1n) is 6.50. The van der Waals surface area contributed by atoms with Crippen molar-refractivity contribution < 1.29 is 4.39 Å². The summed E-state index contributed by atoms with van der Waals surface area (Å²) in [6.45, 7) is 1.40. The Hall–Kier alpha value is -0.980. The maximum atomic E-state index is 13.9. The van der Waals surface area contributed by atoms with Crippen LogP contribution in [0.5, 0.6) is 0 Å². The second-order valence-electron chi connectivity index (χ2n) is 5.04. The predicted molar refractivity (Wildman–Crippen MR) is 82.9 cm³/mol. The van der Waals surface area contributed by atoms with E-state index in [0.717, 1.165) is 21.5 Å². The fourth-order valence-electron chi connectivity index (χ4n) is 2.23. The second-order valence-corrected chi connectivity index (χ2v) is 7.10. The van der Waals surface area contributed by atoms with Crippen molar-refractivity contribution in [2.75, 3.05) is 5.73 Å². The average molecular weight is 356 g/mol. The van der Waals surface area contributed by atoms with E-state index in [1.165, 1.54) is 30.2 Å². The largest absolute Gasteiger partial charge is 0.375 e. The van der Waals surface area contributed by atoms with Gasteiger partial charge in [-0.1, -0.05) is 15.9 Å². The molecule has 0 spiro atoms. The maximum absolute atomic E-state index is 13.9. The zero-order valence-corrected chi connectivity index (χ0v) is 13.3. The van der Waals surface area contributed by atoms with E-state index >= 15 is 0 Å². The highest BCUT2D eigenvalue weighted by Gasteiger charge is 2.29. The molecule has 1 aromatic heterocycles. The molecule has 0 aliphatic heterocycles. The molecule has 1 heterocycles. The van der Waals surface area contributed by atoms with Crippen LogP contribution in [0.4, 0.5) is 9.52 Å². The number of halogens is 2. The van der Waals surface area contributed by atoms with Crippen LogP contribution in [0.3, 0.4) is 0 Å². The van der Waals surface area contributed by atoms with Gasteiger partial charge >= 0.3 is 0 Å². The number of aromatic nitrogens is 1. The highest BCUT2D eigenvalue weighted by atomic mass is 79.9. The van der Waals surface area contributed by atoms with Crippen LogP contribution < -0.4 is 5.73 Å². The van der Waals surface area contributed by atoms with Gasteiger partial charge in [-0.3, -0.25) is 4.90 Å². The molecule has 0 saturated heterocycles. The quantitative estimate of drug-likeness (QED) is 0.886. The van der Waals surface area contributed by atoms with Crippen molar-refractivity contribution >= 4 is 32.4 Å². The van der Waals surface area contributed by atoms with Gasteiger partial charge in [0.05, 0.1) is 0 Å². The molecule has 3 rings (SSSR count). The van der Waals surface area contributed by atoms with Crippen LogP contribution in [0.2, 0.25) is 0 Å². The fraction of sp³-hybridized carbons (Fsp3) is 0.357. The number of anilines is 1. The number of hydrogen-bond acceptors (Lipinski definition) is 4. The van der Waals surface area contributed by atoms with Crippen LogP contribution in [0.15, 0.2) is 28.9 Å². The smallest absolute Gasteiger partial charge is 0.180 e. The summed E-state index contributed by atoms with van der Waals surface area (Å²) in [7, 11) is 0. The van der Waals surface area contributed by atoms with Crippen molar-refractivity contribution in [3.05, 3.63) is 45.1 Å². The van der Waals surface area contributed by atoms with Gasteiger partial charge in [-0.15, -0.1) is 11.3 Å². The molecule has 1 aliphatic carbocycles. The molecular weight excluding hydrogens is 341 g/mol. The first-order valence-corrected chi connectivity index (χ1v) is 8.11. The third kappa shape index (κ3) is 3.37. The van der Waals surface area contributed by atoms with E-state index in [-0.39, 0.29) is 5.82 Å². The normalized spacial score (nSPS) is 14.9. The third-order valence-electron chi connectivity index (χ3n) is 3.37. The van der Waals surface area contributed by atoms with Crippen molar-refractivity contribution in [3.63, 3.8) is 0 Å². The third-order valence-corrected chi connectivity index (χ3v) is 4.68. The lowest BCUT2D eigenvalue weighted by Crippen LogP contribution is -2.25. The van der Waals surface area contributed by atoms with E-state index in [1.807, 2.05) is 12.3 Å². The Morgan fingerprint density at radius 1 is 1.40 bits per heavy atom. The molecule has 2 aromatic rings. The lowest BCUT2D eigenvalue weighted by Gasteiger charge is -2.21. The molecule has 6 heteroatoms. The molecule has 106 valence electrons. The molecule has 2 N–H and O–H groups in total. The minimum Gasteiger partial charge on any atom is -0.375 e. The van der Waals surface area contributed by atoms with E-state index in [4.69, 9.17) is 5.73 Å². The molecule has 0 bridgehead atoms. The van der Waals surface area contributed by atoms with Crippen molar-refractivity contribution in [2.45, 2.75) is 32.0 Å². The molecule has 1 aliphatic rings. The van der Waals surface area contributed by atoms with E-state index in [2.05, 4.69) is 25.8 Å². The Morgan fingerprint density at radius 2 is 2.20 bits per heavy atom. The van der Waals surface area contributed by atoms with E-state index in [1.54, 1.807) is 6.07 Å². The summed E-state index contributed by atoms with van der Waals surface area (Å²) >= 11 is 4.90. The summed E-state index contributed by atoms with van der Waals surface area (Å²) < 4.78 is 14.8. The number of nitrogens with zero attached hydrogens (tertiary/aromatic N) is 2. The van der Waals surface area contributed by atoms with Gasteiger partial charge in [0.25, 0.3) is 0 Å². The molecule has 1 saturated carbocycles. The van der Waals surface area contributed by atoms with Gasteiger partial charge in [-0.25, -0.2) is 9.37 Å². The standard InChI is InChI=1S/C14H15BrFN3S/c15-10-1-4-13(16)9(5-10)7-19(11-2-3-11)8-12-6-18-14(17)20-12/h1,4-6,11H,2-3,7-8H2,(H2,17,18). The summed E-state index contributed by atoms with van der Waals surface area (Å²) in [6, 6.07) is 5.64. The van der Waals surface area contributed by atoms with Crippen molar-refractivity contribution in [1.29, 1.82) is 0 Å². The highest BCUT2D eigenvalue weighted by molar-refractivity contribution is 9.10. The summed E-state index contributed by atoms with van der Waals surface area (Å²) in [5.74, 6) is -0.150. The Labute approximate surface area is 129 Å². The van der Waals surface area contributed by atoms with Gasteiger partial charge in [-0.05, 0) is 31.0 Å². The monoisotopic (exact) mass is 355 g/mol. The maximum Gasteiger partial charge on any atom is 0.180 e. The number of hydrogen-bond donors (Lipinski definition) is 1. The van der Waals surface area contributed by atoms with Gasteiger partial charge in [-0.2, -0.15) is 0 Å². The highest BCUT2D eigenvalue weighted by Crippen LogP contribution is 2.31. The molecule has 3 nitrogen and oxygen atoms in total. The minimum absolute atomic E-state index is 0.150. The van der Waals surface area contributed by atoms with Gasteiger partial charge < -0.3 is 5.73 Å². The molecule has 0 atom stereocenters. The predicted octanol–water partition coefficient (Wildman–Crippen LogP) is 3.79. The molecule has 0 unspecified atom stereocenters. The van der Waals surface area contributed by atoms with E-state index < -0.39 is 0 Å². The van der Waals surface area contributed by atoms with E-state index in [0.29, 0.717) is 17.7 Å². The molecule has 1 aromatic carbocycles. The lowest BCUT2D eigenvalue weighted by atomic mass is 10.2. The van der Waals surface area contributed by atoms with Crippen LogP contribution in [0.25, 0.3) is 0 Å². The first-order chi connectivity index (χ1) is 9.61. The Morgan fingerprint density at radius 3 is 2.85 bits per heavy atom. The first kappa shape index (κ1) is 14.0. The van der Waals surface area contributed by atoms with Gasteiger partial charge in [0, 0.05) is 40.2 Å². The number of nitrogen functional groups attached to an aromatic ring is 1. The molecule has 0 amide bonds. The van der Waals surface area contributed by atoms with Crippen LogP contribution in [-0.4, -0.2) is 15.9 Å². The summed E-state index contributed by atoms with van der Waals surface area (Å²) in [4.78, 5) is 7.51. The number of rotatable bonds is 5. The van der Waals surface area contributed by atoms with Gasteiger partial charge in [0.1, 0.15) is 5.82 Å². The van der Waals surface area contributed by atoms with Crippen molar-refractivity contribution in [2.24, 2.45) is 0 Å². The summed E-state index contributed by atoms with van der Waals surface area (Å²) in [5, 5.41) is 0.587. The van der Waals surface area contributed by atoms with Crippen LogP contribution in [0, 0.1) is 5.82 Å². The number of benzene rings is 1. The molecule has 1 fully saturated rings. The molecule has 20 heavy (non-hydrogen) atoms. The zero-order valence-electron chi connectivity index (χ0n) is 10.9. The van der Waals surface area contributed by atoms with Gasteiger partial charge in [0.2, 0.25) is 0 Å². The molecular formula is C14H15BrFN3S. The second kappa shape index (κ2) is 5.79. The average Bonchev–Trinajstić information content (AvgIpc) is 3.17. The van der Waals surface area contributed by atoms with Crippen LogP contribution in [-0.2, 0) is 13.1 Å². The van der Waals surface area contributed by atoms with Crippen molar-refractivity contribution in [3.8, 4) is 0 Å². The number of nitrogens with two attached hydrogens (primary N) is 1. The summed E-state index contributed by atoms with van der Waals surface area (Å²) in [5.41, 5.74) is 6.39. The topological polar surface area (TPSA) is 42.1 Å². The van der Waals surface area contributed by atoms with Gasteiger partial charge in [0.15, 0.2) is 5.13 Å². The van der Waals surface area contributed by atoms with Crippen molar-refractivity contribution in [1.82, 2.24) is 9.88 Å². The number of thiazole rings is 1. The summed E-state index contributed by atoms with van der Waals surface area (Å²) in [6.07, 6.45) is 4.18. The minimum atomic E-state index is -0.150. The Balaban J connectivity index is 1.75. The van der Waals surface area contributed by atoms with E-state index in [9.17, 15) is 4.39 Å². The zero-order chi connectivity index (χ0) is 14.1. The molecule has 0 radical (unpaired) electrons. The Kier molecular flexibility index (Phi) is 4.05. The fourth-order valence-corrected chi connectivity index (χ4v) is 3.35. The van der Waals surface area contributed by atoms with Crippen LogP contribution in [0.1, 0.15) is 23.3 Å². The SMILES string of the molecule is Nc1ncc(CN(Cc2cc(Br)ccc2F)C2CC2)s1. The van der Waals surface area contributed by atoms with Crippen LogP contribution >= 0.6 is 27.3 Å². The Bertz CT molecular complexity index is 612.